The zero-order valence-electron chi connectivity index (χ0n) is 9.08. The summed E-state index contributed by atoms with van der Waals surface area (Å²) in [6.45, 7) is 0. The molecule has 2 amide bonds. The van der Waals surface area contributed by atoms with Crippen LogP contribution < -0.4 is 5.32 Å². The van der Waals surface area contributed by atoms with E-state index in [-0.39, 0.29) is 17.3 Å². The largest absolute Gasteiger partial charge is 0.508 e. The number of aromatic hydroxyl groups is 2. The predicted molar refractivity (Wildman–Crippen MR) is 61.5 cm³/mol. The average Bonchev–Trinajstić information content (AvgIpc) is 2.62. The molecule has 0 bridgehead atoms. The molecule has 1 fully saturated rings. The molecule has 0 aromatic heterocycles. The average molecular weight is 247 g/mol. The standard InChI is InChI=1S/C12H9NO5/c14-8-4-5-9(15)7(6-8)2-1-3-10-11(16)13-12(17)18-10/h1-6,14-15H,(H,13,16,17). The number of amides is 2. The van der Waals surface area contributed by atoms with Crippen molar-refractivity contribution in [2.24, 2.45) is 0 Å². The van der Waals surface area contributed by atoms with Crippen molar-refractivity contribution in [1.29, 1.82) is 0 Å². The molecule has 1 aromatic carbocycles. The van der Waals surface area contributed by atoms with E-state index in [1.165, 1.54) is 36.4 Å². The van der Waals surface area contributed by atoms with E-state index in [1.807, 2.05) is 5.32 Å². The van der Waals surface area contributed by atoms with Gasteiger partial charge in [-0.2, -0.15) is 0 Å². The zero-order valence-corrected chi connectivity index (χ0v) is 9.08. The normalized spacial score (nSPS) is 17.2. The number of phenols is 2. The first kappa shape index (κ1) is 11.7. The lowest BCUT2D eigenvalue weighted by Gasteiger charge is -1.98. The molecule has 1 aromatic rings. The second-order valence-corrected chi connectivity index (χ2v) is 3.48. The van der Waals surface area contributed by atoms with Crippen LogP contribution >= 0.6 is 0 Å². The molecule has 0 unspecified atom stereocenters. The molecule has 0 atom stereocenters. The molecule has 92 valence electrons. The summed E-state index contributed by atoms with van der Waals surface area (Å²) in [5.74, 6) is -0.763. The molecule has 6 nitrogen and oxygen atoms in total. The summed E-state index contributed by atoms with van der Waals surface area (Å²) in [5.41, 5.74) is 0.372. The predicted octanol–water partition coefficient (Wildman–Crippen LogP) is 1.26. The van der Waals surface area contributed by atoms with Gasteiger partial charge in [0.05, 0.1) is 0 Å². The number of imide groups is 1. The second kappa shape index (κ2) is 4.62. The van der Waals surface area contributed by atoms with Crippen molar-refractivity contribution in [3.05, 3.63) is 41.7 Å². The minimum atomic E-state index is -0.820. The number of ether oxygens (including phenoxy) is 1. The minimum absolute atomic E-state index is 0.00476. The number of phenolic OH excluding ortho intramolecular Hbond substituents is 2. The number of cyclic esters (lactones) is 1. The number of benzene rings is 1. The molecule has 1 saturated heterocycles. The fourth-order valence-electron chi connectivity index (χ4n) is 1.35. The van der Waals surface area contributed by atoms with Gasteiger partial charge in [-0.05, 0) is 24.3 Å². The van der Waals surface area contributed by atoms with E-state index in [0.29, 0.717) is 5.56 Å². The third-order valence-corrected chi connectivity index (χ3v) is 2.18. The molecule has 0 aliphatic carbocycles. The fourth-order valence-corrected chi connectivity index (χ4v) is 1.35. The molecule has 6 heteroatoms. The third kappa shape index (κ3) is 2.49. The van der Waals surface area contributed by atoms with E-state index in [9.17, 15) is 19.8 Å². The molecule has 1 heterocycles. The molecule has 0 spiro atoms. The summed E-state index contributed by atoms with van der Waals surface area (Å²) in [5, 5.41) is 20.6. The molecule has 1 aliphatic heterocycles. The summed E-state index contributed by atoms with van der Waals surface area (Å²) in [7, 11) is 0. The monoisotopic (exact) mass is 247 g/mol. The van der Waals surface area contributed by atoms with E-state index in [0.717, 1.165) is 0 Å². The Morgan fingerprint density at radius 1 is 1.22 bits per heavy atom. The van der Waals surface area contributed by atoms with Crippen molar-refractivity contribution in [3.8, 4) is 11.5 Å². The Balaban J connectivity index is 2.17. The van der Waals surface area contributed by atoms with Gasteiger partial charge >= 0.3 is 6.09 Å². The highest BCUT2D eigenvalue weighted by molar-refractivity contribution is 6.07. The van der Waals surface area contributed by atoms with Crippen LogP contribution in [0.4, 0.5) is 4.79 Å². The van der Waals surface area contributed by atoms with Crippen LogP contribution in [0.25, 0.3) is 6.08 Å². The smallest absolute Gasteiger partial charge is 0.419 e. The lowest BCUT2D eigenvalue weighted by atomic mass is 10.1. The van der Waals surface area contributed by atoms with Crippen LogP contribution in [0, 0.1) is 0 Å². The van der Waals surface area contributed by atoms with Crippen LogP contribution in [0.5, 0.6) is 11.5 Å². The van der Waals surface area contributed by atoms with Crippen LogP contribution in [0.1, 0.15) is 5.56 Å². The van der Waals surface area contributed by atoms with Crippen molar-refractivity contribution in [2.45, 2.75) is 0 Å². The molecule has 3 N–H and O–H groups in total. The van der Waals surface area contributed by atoms with E-state index in [1.54, 1.807) is 0 Å². The topological polar surface area (TPSA) is 95.9 Å². The number of carbonyl (C=O) groups is 2. The Morgan fingerprint density at radius 3 is 2.67 bits per heavy atom. The van der Waals surface area contributed by atoms with Crippen molar-refractivity contribution in [2.75, 3.05) is 0 Å². The van der Waals surface area contributed by atoms with Gasteiger partial charge < -0.3 is 14.9 Å². The maximum atomic E-state index is 11.1. The van der Waals surface area contributed by atoms with Crippen LogP contribution in [0.3, 0.4) is 0 Å². The van der Waals surface area contributed by atoms with Gasteiger partial charge in [0.25, 0.3) is 5.91 Å². The van der Waals surface area contributed by atoms with Gasteiger partial charge in [0, 0.05) is 5.56 Å². The van der Waals surface area contributed by atoms with Crippen molar-refractivity contribution in [3.63, 3.8) is 0 Å². The Bertz CT molecular complexity index is 574. The third-order valence-electron chi connectivity index (χ3n) is 2.18. The van der Waals surface area contributed by atoms with Gasteiger partial charge in [0.2, 0.25) is 0 Å². The number of nitrogens with one attached hydrogen (secondary N) is 1. The Morgan fingerprint density at radius 2 is 2.00 bits per heavy atom. The molecule has 2 rings (SSSR count). The van der Waals surface area contributed by atoms with Crippen LogP contribution in [-0.2, 0) is 9.53 Å². The van der Waals surface area contributed by atoms with Gasteiger partial charge in [-0.3, -0.25) is 10.1 Å². The lowest BCUT2D eigenvalue weighted by Crippen LogP contribution is -2.18. The highest BCUT2D eigenvalue weighted by atomic mass is 16.6. The molecule has 0 saturated carbocycles. The first-order valence-corrected chi connectivity index (χ1v) is 5.00. The zero-order chi connectivity index (χ0) is 13.1. The van der Waals surface area contributed by atoms with Crippen LogP contribution in [0.2, 0.25) is 0 Å². The van der Waals surface area contributed by atoms with Gasteiger partial charge in [0.1, 0.15) is 11.5 Å². The minimum Gasteiger partial charge on any atom is -0.508 e. The molecule has 1 aliphatic rings. The fraction of sp³-hybridized carbons (Fsp3) is 0. The van der Waals surface area contributed by atoms with E-state index in [2.05, 4.69) is 4.74 Å². The highest BCUT2D eigenvalue weighted by Gasteiger charge is 2.25. The van der Waals surface area contributed by atoms with Gasteiger partial charge in [-0.25, -0.2) is 4.79 Å². The summed E-state index contributed by atoms with van der Waals surface area (Å²) in [6.07, 6.45) is 3.34. The molecule has 0 radical (unpaired) electrons. The summed E-state index contributed by atoms with van der Waals surface area (Å²) in [4.78, 5) is 21.8. The maximum Gasteiger partial charge on any atom is 0.419 e. The number of rotatable bonds is 2. The van der Waals surface area contributed by atoms with Gasteiger partial charge in [-0.1, -0.05) is 12.2 Å². The number of carbonyl (C=O) groups excluding carboxylic acids is 2. The quantitative estimate of drug-likeness (QED) is 0.540. The summed E-state index contributed by atoms with van der Waals surface area (Å²) < 4.78 is 4.56. The number of alkyl carbamates (subject to hydrolysis) is 1. The van der Waals surface area contributed by atoms with Crippen molar-refractivity contribution >= 4 is 18.1 Å². The van der Waals surface area contributed by atoms with E-state index >= 15 is 0 Å². The van der Waals surface area contributed by atoms with Crippen molar-refractivity contribution in [1.82, 2.24) is 5.32 Å². The molecular formula is C12H9NO5. The second-order valence-electron chi connectivity index (χ2n) is 3.48. The van der Waals surface area contributed by atoms with E-state index < -0.39 is 12.0 Å². The SMILES string of the molecule is O=C1NC(=O)C(=CC=Cc2cc(O)ccc2O)O1. The van der Waals surface area contributed by atoms with E-state index in [4.69, 9.17) is 0 Å². The van der Waals surface area contributed by atoms with Crippen molar-refractivity contribution < 1.29 is 24.5 Å². The van der Waals surface area contributed by atoms with Gasteiger partial charge in [-0.15, -0.1) is 0 Å². The molecular weight excluding hydrogens is 238 g/mol. The number of allylic oxidation sites excluding steroid dienone is 2. The lowest BCUT2D eigenvalue weighted by molar-refractivity contribution is -0.116. The first-order chi connectivity index (χ1) is 8.56. The molecule has 18 heavy (non-hydrogen) atoms. The number of hydrogen-bond donors (Lipinski definition) is 3. The van der Waals surface area contributed by atoms with Crippen LogP contribution in [0.15, 0.2) is 36.1 Å². The Kier molecular flexibility index (Phi) is 3.01. The number of hydrogen-bond acceptors (Lipinski definition) is 5. The highest BCUT2D eigenvalue weighted by Crippen LogP contribution is 2.23. The Labute approximate surface area is 102 Å². The summed E-state index contributed by atoms with van der Waals surface area (Å²) >= 11 is 0. The summed E-state index contributed by atoms with van der Waals surface area (Å²) in [6, 6.07) is 4.03. The van der Waals surface area contributed by atoms with Gasteiger partial charge in [0.15, 0.2) is 5.76 Å². The van der Waals surface area contributed by atoms with Crippen LogP contribution in [-0.4, -0.2) is 22.2 Å². The first-order valence-electron chi connectivity index (χ1n) is 5.00. The maximum absolute atomic E-state index is 11.1. The Hall–Kier alpha value is -2.76.